The number of anilines is 2. The van der Waals surface area contributed by atoms with Crippen molar-refractivity contribution in [2.45, 2.75) is 42.6 Å². The molecule has 1 aromatic heterocycles. The van der Waals surface area contributed by atoms with E-state index < -0.39 is 35.4 Å². The summed E-state index contributed by atoms with van der Waals surface area (Å²) in [6.45, 7) is 3.83. The lowest BCUT2D eigenvalue weighted by Crippen LogP contribution is -2.42. The number of H-pyrrole nitrogens is 1. The fraction of sp³-hybridized carbons (Fsp3) is 0.351. The molecule has 4 unspecified atom stereocenters. The predicted molar refractivity (Wildman–Crippen MR) is 185 cm³/mol. The largest absolute Gasteiger partial charge is 0.490 e. The number of thiazole rings is 1. The second kappa shape index (κ2) is 12.6. The van der Waals surface area contributed by atoms with Gasteiger partial charge in [0.1, 0.15) is 0 Å². The Labute approximate surface area is 298 Å². The van der Waals surface area contributed by atoms with Crippen molar-refractivity contribution < 1.29 is 37.0 Å². The molecule has 9 nitrogen and oxygen atoms in total. The first-order valence-corrected chi connectivity index (χ1v) is 18.3. The fourth-order valence-electron chi connectivity index (χ4n) is 8.63. The van der Waals surface area contributed by atoms with Crippen molar-refractivity contribution in [2.75, 3.05) is 23.4 Å². The Morgan fingerprint density at radius 1 is 0.961 bits per heavy atom. The third kappa shape index (κ3) is 5.72. The lowest BCUT2D eigenvalue weighted by atomic mass is 9.68. The van der Waals surface area contributed by atoms with Crippen LogP contribution in [0.5, 0.6) is 11.5 Å². The van der Waals surface area contributed by atoms with Crippen molar-refractivity contribution in [3.8, 4) is 11.5 Å². The molecule has 264 valence electrons. The predicted octanol–water partition coefficient (Wildman–Crippen LogP) is 6.86. The summed E-state index contributed by atoms with van der Waals surface area (Å²) in [4.78, 5) is 57.9. The average Bonchev–Trinajstić information content (AvgIpc) is 3.82. The molecule has 14 heteroatoms. The third-order valence-corrected chi connectivity index (χ3v) is 13.0. The lowest BCUT2D eigenvalue weighted by Gasteiger charge is -2.43. The van der Waals surface area contributed by atoms with Gasteiger partial charge in [-0.15, -0.1) is 11.8 Å². The van der Waals surface area contributed by atoms with Gasteiger partial charge in [-0.3, -0.25) is 24.1 Å². The van der Waals surface area contributed by atoms with Crippen LogP contribution in [0.15, 0.2) is 76.6 Å². The summed E-state index contributed by atoms with van der Waals surface area (Å²) in [5.74, 6) is -2.75. The van der Waals surface area contributed by atoms with E-state index in [-0.39, 0.29) is 52.0 Å². The van der Waals surface area contributed by atoms with Gasteiger partial charge in [0.05, 0.1) is 34.7 Å². The summed E-state index contributed by atoms with van der Waals surface area (Å²) >= 11 is 2.63. The van der Waals surface area contributed by atoms with E-state index in [0.29, 0.717) is 30.2 Å². The number of aromatic nitrogens is 1. The zero-order valence-electron chi connectivity index (χ0n) is 27.4. The van der Waals surface area contributed by atoms with E-state index in [1.54, 1.807) is 12.1 Å². The van der Waals surface area contributed by atoms with Crippen LogP contribution in [0.1, 0.15) is 40.8 Å². The van der Waals surface area contributed by atoms with Crippen LogP contribution in [0.2, 0.25) is 0 Å². The lowest BCUT2D eigenvalue weighted by molar-refractivity contribution is -0.137. The highest BCUT2D eigenvalue weighted by Crippen LogP contribution is 2.69. The molecule has 2 aliphatic heterocycles. The number of nitrogens with one attached hydrogen (secondary N) is 2. The minimum Gasteiger partial charge on any atom is -0.490 e. The highest BCUT2D eigenvalue weighted by atomic mass is 32.2. The number of rotatable bonds is 8. The number of carbonyl (C=O) groups is 3. The number of aromatic amines is 1. The van der Waals surface area contributed by atoms with Crippen molar-refractivity contribution in [3.63, 3.8) is 0 Å². The number of hydrogen-bond donors (Lipinski definition) is 2. The molecule has 8 rings (SSSR count). The van der Waals surface area contributed by atoms with Gasteiger partial charge in [0, 0.05) is 21.7 Å². The molecule has 0 radical (unpaired) electrons. The number of imide groups is 1. The number of thioether (sulfide) groups is 1. The van der Waals surface area contributed by atoms with Gasteiger partial charge in [-0.1, -0.05) is 35.6 Å². The van der Waals surface area contributed by atoms with Crippen molar-refractivity contribution >= 4 is 52.2 Å². The van der Waals surface area contributed by atoms with E-state index >= 15 is 0 Å². The Balaban J connectivity index is 1.10. The summed E-state index contributed by atoms with van der Waals surface area (Å²) < 4.78 is 52.6. The van der Waals surface area contributed by atoms with Gasteiger partial charge in [0.15, 0.2) is 18.1 Å². The van der Waals surface area contributed by atoms with Crippen LogP contribution in [0, 0.1) is 36.5 Å². The number of carbonyl (C=O) groups excluding carboxylic acids is 3. The summed E-state index contributed by atoms with van der Waals surface area (Å²) in [6, 6.07) is 17.2. The van der Waals surface area contributed by atoms with Gasteiger partial charge < -0.3 is 19.8 Å². The van der Waals surface area contributed by atoms with Crippen molar-refractivity contribution in [1.29, 1.82) is 0 Å². The zero-order chi connectivity index (χ0) is 35.8. The number of amides is 3. The molecule has 51 heavy (non-hydrogen) atoms. The Hall–Kier alpha value is -4.56. The first kappa shape index (κ1) is 33.6. The highest BCUT2D eigenvalue weighted by Gasteiger charge is 2.69. The number of benzene rings is 3. The first-order chi connectivity index (χ1) is 24.4. The Bertz CT molecular complexity index is 2130. The molecule has 2 aliphatic carbocycles. The topological polar surface area (TPSA) is 118 Å². The van der Waals surface area contributed by atoms with Crippen molar-refractivity contribution in [2.24, 2.45) is 29.6 Å². The maximum absolute atomic E-state index is 14.1. The normalized spacial score (nSPS) is 26.1. The molecule has 3 aromatic carbocycles. The molecule has 1 saturated heterocycles. The fourth-order valence-corrected chi connectivity index (χ4v) is 11.5. The quantitative estimate of drug-likeness (QED) is 0.190. The number of nitrogens with zero attached hydrogens (tertiary/aromatic N) is 1. The van der Waals surface area contributed by atoms with Crippen LogP contribution < -0.4 is 24.6 Å². The van der Waals surface area contributed by atoms with Gasteiger partial charge in [-0.2, -0.15) is 13.2 Å². The molecule has 3 amide bonds. The minimum atomic E-state index is -4.63. The Morgan fingerprint density at radius 3 is 2.47 bits per heavy atom. The number of ether oxygens (including phenoxy) is 2. The number of alkyl halides is 3. The van der Waals surface area contributed by atoms with Gasteiger partial charge in [0.2, 0.25) is 11.8 Å². The molecule has 7 atom stereocenters. The molecule has 2 bridgehead atoms. The van der Waals surface area contributed by atoms with Crippen LogP contribution in [-0.2, 0) is 20.6 Å². The number of hydrogen-bond acceptors (Lipinski definition) is 8. The Kier molecular flexibility index (Phi) is 8.29. The second-order valence-electron chi connectivity index (χ2n) is 13.4. The summed E-state index contributed by atoms with van der Waals surface area (Å²) in [5.41, 5.74) is 1.49. The van der Waals surface area contributed by atoms with Gasteiger partial charge in [-0.05, 0) is 91.6 Å². The standard InChI is InChI=1S/C37H32F3N3O6S2/c1-3-48-25-13-18(10-11-24(25)49-16-26(44)41-20-8-4-6-17(2)12-20)27-28-22-15-23(31(28)50-33-32(27)51-36(47)42-33)30-29(22)34(45)43(35(30)46)21-9-5-7-19(14-21)37(38,39)40/h4-14,22-23,27-31H,3,15-16H2,1-2H3,(H,41,44)(H,42,47)/t22-,23-,27-,28?,29?,30?,31?/m1/s1. The third-order valence-electron chi connectivity index (χ3n) is 10.4. The highest BCUT2D eigenvalue weighted by molar-refractivity contribution is 8.00. The molecule has 4 aliphatic rings. The van der Waals surface area contributed by atoms with E-state index in [4.69, 9.17) is 9.47 Å². The second-order valence-corrected chi connectivity index (χ2v) is 15.6. The number of aryl methyl sites for hydroxylation is 1. The van der Waals surface area contributed by atoms with Crippen molar-refractivity contribution in [3.05, 3.63) is 98.0 Å². The molecular weight excluding hydrogens is 704 g/mol. The maximum atomic E-state index is 14.1. The van der Waals surface area contributed by atoms with Crippen LogP contribution in [0.3, 0.4) is 0 Å². The van der Waals surface area contributed by atoms with E-state index in [2.05, 4.69) is 10.3 Å². The molecule has 0 spiro atoms. The van der Waals surface area contributed by atoms with E-state index in [9.17, 15) is 32.3 Å². The maximum Gasteiger partial charge on any atom is 0.416 e. The molecule has 3 fully saturated rings. The smallest absolute Gasteiger partial charge is 0.416 e. The number of halogens is 3. The van der Waals surface area contributed by atoms with E-state index in [0.717, 1.165) is 49.4 Å². The molecular formula is C37H32F3N3O6S2. The summed E-state index contributed by atoms with van der Waals surface area (Å²) in [7, 11) is 0. The zero-order valence-corrected chi connectivity index (χ0v) is 29.0. The summed E-state index contributed by atoms with van der Waals surface area (Å²) in [6.07, 6.45) is -4.00. The van der Waals surface area contributed by atoms with Crippen LogP contribution in [0.4, 0.5) is 24.5 Å². The van der Waals surface area contributed by atoms with E-state index in [1.807, 2.05) is 44.2 Å². The first-order valence-electron chi connectivity index (χ1n) is 16.6. The summed E-state index contributed by atoms with van der Waals surface area (Å²) in [5, 5.41) is 3.43. The SMILES string of the molecule is CCOc1cc([C@H]2c3sc(=O)[nH]c3SC3C2[C@H]2C[C@@H]3C3C(=O)N(c4cccc(C(F)(F)F)c4)C(=O)C32)ccc1OCC(=O)Nc1cccc(C)c1. The minimum absolute atomic E-state index is 0.0752. The number of fused-ring (bicyclic) bond motifs is 9. The van der Waals surface area contributed by atoms with Gasteiger partial charge in [-0.25, -0.2) is 0 Å². The average molecular weight is 736 g/mol. The van der Waals surface area contributed by atoms with Crippen LogP contribution >= 0.6 is 23.1 Å². The van der Waals surface area contributed by atoms with Crippen molar-refractivity contribution in [1.82, 2.24) is 4.98 Å². The molecule has 2 saturated carbocycles. The van der Waals surface area contributed by atoms with E-state index in [1.165, 1.54) is 23.9 Å². The van der Waals surface area contributed by atoms with Crippen LogP contribution in [0.25, 0.3) is 0 Å². The van der Waals surface area contributed by atoms with Gasteiger partial charge in [0.25, 0.3) is 5.91 Å². The molecule has 2 N–H and O–H groups in total. The van der Waals surface area contributed by atoms with Crippen LogP contribution in [-0.4, -0.2) is 41.2 Å². The molecule has 3 heterocycles. The Morgan fingerprint density at radius 2 is 1.73 bits per heavy atom. The monoisotopic (exact) mass is 735 g/mol. The molecule has 4 aromatic rings. The van der Waals surface area contributed by atoms with Gasteiger partial charge >= 0.3 is 11.0 Å².